The van der Waals surface area contributed by atoms with Crippen LogP contribution in [0, 0.1) is 6.92 Å². The van der Waals surface area contributed by atoms with Gasteiger partial charge in [0.05, 0.1) is 0 Å². The van der Waals surface area contributed by atoms with Gasteiger partial charge >= 0.3 is 0 Å². The molecule has 0 atom stereocenters. The van der Waals surface area contributed by atoms with Crippen molar-refractivity contribution in [3.05, 3.63) is 53.3 Å². The van der Waals surface area contributed by atoms with Gasteiger partial charge in [0.2, 0.25) is 5.95 Å². The van der Waals surface area contributed by atoms with Gasteiger partial charge in [-0.15, -0.1) is 0 Å². The number of aromatic amines is 1. The first-order valence-electron chi connectivity index (χ1n) is 8.43. The van der Waals surface area contributed by atoms with Crippen LogP contribution in [0.15, 0.2) is 36.5 Å². The topological polar surface area (TPSA) is 105 Å². The van der Waals surface area contributed by atoms with Gasteiger partial charge in [0.15, 0.2) is 5.82 Å². The SMILES string of the molecule is Cc1cnc(Nc2ccc(CN)cc2)nc1Nc1cc(C2CC2)[nH]n1. The fourth-order valence-electron chi connectivity index (χ4n) is 2.61. The second kappa shape index (κ2) is 6.52. The highest BCUT2D eigenvalue weighted by molar-refractivity contribution is 5.60. The minimum absolute atomic E-state index is 0.530. The zero-order valence-electron chi connectivity index (χ0n) is 14.1. The first-order valence-corrected chi connectivity index (χ1v) is 8.43. The number of aromatic nitrogens is 4. The van der Waals surface area contributed by atoms with E-state index in [0.717, 1.165) is 28.5 Å². The minimum Gasteiger partial charge on any atom is -0.326 e. The molecule has 1 aliphatic carbocycles. The molecule has 1 fully saturated rings. The van der Waals surface area contributed by atoms with Crippen molar-refractivity contribution in [1.82, 2.24) is 20.2 Å². The van der Waals surface area contributed by atoms with Crippen LogP contribution in [0.3, 0.4) is 0 Å². The van der Waals surface area contributed by atoms with Gasteiger partial charge in [-0.25, -0.2) is 4.98 Å². The van der Waals surface area contributed by atoms with E-state index in [1.54, 1.807) is 6.20 Å². The number of nitrogens with one attached hydrogen (secondary N) is 3. The van der Waals surface area contributed by atoms with Crippen molar-refractivity contribution in [2.45, 2.75) is 32.2 Å². The standard InChI is InChI=1S/C18H21N7/c1-11-10-20-18(21-14-6-2-12(9-19)3-7-14)23-17(11)22-16-8-15(24-25-16)13-4-5-13/h2-3,6-8,10,13H,4-5,9,19H2,1H3,(H3,20,21,22,23,24,25). The third-order valence-electron chi connectivity index (χ3n) is 4.28. The van der Waals surface area contributed by atoms with Crippen molar-refractivity contribution in [2.24, 2.45) is 5.73 Å². The second-order valence-electron chi connectivity index (χ2n) is 6.36. The monoisotopic (exact) mass is 335 g/mol. The Morgan fingerprint density at radius 1 is 1.20 bits per heavy atom. The van der Waals surface area contributed by atoms with Gasteiger partial charge in [0.1, 0.15) is 5.82 Å². The molecule has 128 valence electrons. The molecule has 1 saturated carbocycles. The summed E-state index contributed by atoms with van der Waals surface area (Å²) < 4.78 is 0. The number of benzene rings is 1. The molecule has 0 saturated heterocycles. The Hall–Kier alpha value is -2.93. The number of hydrogen-bond acceptors (Lipinski definition) is 6. The molecule has 0 amide bonds. The highest BCUT2D eigenvalue weighted by atomic mass is 15.2. The zero-order chi connectivity index (χ0) is 17.2. The van der Waals surface area contributed by atoms with Gasteiger partial charge in [-0.05, 0) is 37.5 Å². The molecule has 1 aliphatic rings. The molecule has 1 aromatic carbocycles. The fraction of sp³-hybridized carbons (Fsp3) is 0.278. The fourth-order valence-corrected chi connectivity index (χ4v) is 2.61. The van der Waals surface area contributed by atoms with Gasteiger partial charge in [0.25, 0.3) is 0 Å². The Kier molecular flexibility index (Phi) is 4.07. The molecule has 2 heterocycles. The van der Waals surface area contributed by atoms with E-state index in [4.69, 9.17) is 5.73 Å². The molecule has 7 heteroatoms. The summed E-state index contributed by atoms with van der Waals surface area (Å²) in [6.07, 6.45) is 4.27. The Bertz CT molecular complexity index is 865. The van der Waals surface area contributed by atoms with Crippen LogP contribution >= 0.6 is 0 Å². The predicted octanol–water partition coefficient (Wildman–Crippen LogP) is 3.33. The molecule has 4 rings (SSSR count). The van der Waals surface area contributed by atoms with E-state index >= 15 is 0 Å². The molecule has 7 nitrogen and oxygen atoms in total. The molecule has 0 spiro atoms. The van der Waals surface area contributed by atoms with Crippen LogP contribution in [0.2, 0.25) is 0 Å². The van der Waals surface area contributed by atoms with E-state index < -0.39 is 0 Å². The summed E-state index contributed by atoms with van der Waals surface area (Å²) in [6.45, 7) is 2.50. The molecular formula is C18H21N7. The first kappa shape index (κ1) is 15.6. The van der Waals surface area contributed by atoms with Crippen molar-refractivity contribution in [3.8, 4) is 0 Å². The average Bonchev–Trinajstić information content (AvgIpc) is 3.38. The maximum absolute atomic E-state index is 5.62. The third-order valence-corrected chi connectivity index (χ3v) is 4.28. The molecule has 0 radical (unpaired) electrons. The number of nitrogens with zero attached hydrogens (tertiary/aromatic N) is 3. The summed E-state index contributed by atoms with van der Waals surface area (Å²) in [5.41, 5.74) is 9.78. The third kappa shape index (κ3) is 3.61. The number of nitrogens with two attached hydrogens (primary N) is 1. The molecule has 0 bridgehead atoms. The van der Waals surface area contributed by atoms with Gasteiger partial charge in [0, 0.05) is 41.7 Å². The second-order valence-corrected chi connectivity index (χ2v) is 6.36. The van der Waals surface area contributed by atoms with Crippen LogP contribution in [0.4, 0.5) is 23.3 Å². The Morgan fingerprint density at radius 3 is 2.72 bits per heavy atom. The Balaban J connectivity index is 1.50. The van der Waals surface area contributed by atoms with Gasteiger partial charge in [-0.3, -0.25) is 5.10 Å². The van der Waals surface area contributed by atoms with E-state index in [1.807, 2.05) is 31.2 Å². The van der Waals surface area contributed by atoms with Crippen LogP contribution in [0.5, 0.6) is 0 Å². The van der Waals surface area contributed by atoms with Gasteiger partial charge in [-0.1, -0.05) is 12.1 Å². The zero-order valence-corrected chi connectivity index (χ0v) is 14.1. The minimum atomic E-state index is 0.530. The lowest BCUT2D eigenvalue weighted by Crippen LogP contribution is -2.03. The first-order chi connectivity index (χ1) is 12.2. The van der Waals surface area contributed by atoms with E-state index in [1.165, 1.54) is 18.5 Å². The number of rotatable bonds is 6. The molecule has 25 heavy (non-hydrogen) atoms. The summed E-state index contributed by atoms with van der Waals surface area (Å²) in [6, 6.07) is 9.96. The lowest BCUT2D eigenvalue weighted by atomic mass is 10.2. The van der Waals surface area contributed by atoms with Gasteiger partial charge in [-0.2, -0.15) is 10.1 Å². The van der Waals surface area contributed by atoms with E-state index in [9.17, 15) is 0 Å². The quantitative estimate of drug-likeness (QED) is 0.551. The Morgan fingerprint density at radius 2 is 2.00 bits per heavy atom. The van der Waals surface area contributed by atoms with Crippen LogP contribution in [-0.2, 0) is 6.54 Å². The summed E-state index contributed by atoms with van der Waals surface area (Å²) in [5, 5.41) is 13.9. The van der Waals surface area contributed by atoms with Crippen LogP contribution < -0.4 is 16.4 Å². The van der Waals surface area contributed by atoms with Crippen LogP contribution in [0.1, 0.15) is 35.6 Å². The predicted molar refractivity (Wildman–Crippen MR) is 98.2 cm³/mol. The van der Waals surface area contributed by atoms with Crippen molar-refractivity contribution in [3.63, 3.8) is 0 Å². The molecule has 3 aromatic rings. The van der Waals surface area contributed by atoms with Crippen LogP contribution in [0.25, 0.3) is 0 Å². The normalized spacial score (nSPS) is 13.7. The number of aryl methyl sites for hydroxylation is 1. The van der Waals surface area contributed by atoms with Crippen molar-refractivity contribution in [2.75, 3.05) is 10.6 Å². The number of hydrogen-bond donors (Lipinski definition) is 4. The van der Waals surface area contributed by atoms with Crippen molar-refractivity contribution in [1.29, 1.82) is 0 Å². The largest absolute Gasteiger partial charge is 0.326 e. The highest BCUT2D eigenvalue weighted by Gasteiger charge is 2.25. The highest BCUT2D eigenvalue weighted by Crippen LogP contribution is 2.39. The number of anilines is 4. The van der Waals surface area contributed by atoms with Crippen molar-refractivity contribution < 1.29 is 0 Å². The van der Waals surface area contributed by atoms with E-state index in [-0.39, 0.29) is 0 Å². The van der Waals surface area contributed by atoms with E-state index in [2.05, 4.69) is 36.9 Å². The van der Waals surface area contributed by atoms with E-state index in [0.29, 0.717) is 18.4 Å². The number of H-pyrrole nitrogens is 1. The van der Waals surface area contributed by atoms with Gasteiger partial charge < -0.3 is 16.4 Å². The lowest BCUT2D eigenvalue weighted by Gasteiger charge is -2.09. The molecular weight excluding hydrogens is 314 g/mol. The summed E-state index contributed by atoms with van der Waals surface area (Å²) in [5.74, 6) is 2.70. The summed E-state index contributed by atoms with van der Waals surface area (Å²) in [4.78, 5) is 8.91. The molecule has 2 aromatic heterocycles. The molecule has 5 N–H and O–H groups in total. The smallest absolute Gasteiger partial charge is 0.229 e. The van der Waals surface area contributed by atoms with Crippen molar-refractivity contribution >= 4 is 23.3 Å². The summed E-state index contributed by atoms with van der Waals surface area (Å²) >= 11 is 0. The lowest BCUT2D eigenvalue weighted by molar-refractivity contribution is 0.966. The molecule has 0 unspecified atom stereocenters. The molecule has 0 aliphatic heterocycles. The maximum atomic E-state index is 5.62. The Labute approximate surface area is 146 Å². The summed E-state index contributed by atoms with van der Waals surface area (Å²) in [7, 11) is 0. The van der Waals surface area contributed by atoms with Crippen LogP contribution in [-0.4, -0.2) is 20.2 Å². The maximum Gasteiger partial charge on any atom is 0.229 e. The average molecular weight is 335 g/mol.